The van der Waals surface area contributed by atoms with Gasteiger partial charge in [-0.3, -0.25) is 25.1 Å². The van der Waals surface area contributed by atoms with Crippen molar-refractivity contribution >= 4 is 46.8 Å². The number of nitrogens with one attached hydrogen (secondary N) is 1. The van der Waals surface area contributed by atoms with E-state index in [1.807, 2.05) is 0 Å². The largest absolute Gasteiger partial charge is 0.474 e. The van der Waals surface area contributed by atoms with E-state index in [4.69, 9.17) is 16.3 Å². The third-order valence-corrected chi connectivity index (χ3v) is 4.25. The van der Waals surface area contributed by atoms with Gasteiger partial charge in [-0.25, -0.2) is 9.80 Å². The minimum absolute atomic E-state index is 0.0217. The van der Waals surface area contributed by atoms with Crippen LogP contribution in [0.25, 0.3) is 6.08 Å². The first kappa shape index (κ1) is 20.8. The van der Waals surface area contributed by atoms with Crippen LogP contribution in [0.4, 0.5) is 11.4 Å². The van der Waals surface area contributed by atoms with Crippen LogP contribution in [-0.2, 0) is 19.1 Å². The molecule has 2 amide bonds. The van der Waals surface area contributed by atoms with Crippen molar-refractivity contribution in [2.75, 3.05) is 18.7 Å². The Kier molecular flexibility index (Phi) is 5.98. The second kappa shape index (κ2) is 8.62. The number of carbonyl (C=O) groups excluding carboxylic acids is 3. The number of benzene rings is 2. The van der Waals surface area contributed by atoms with Gasteiger partial charge < -0.3 is 9.47 Å². The maximum absolute atomic E-state index is 12.7. The predicted molar refractivity (Wildman–Crippen MR) is 106 cm³/mol. The molecule has 11 heteroatoms. The fourth-order valence-electron chi connectivity index (χ4n) is 2.66. The van der Waals surface area contributed by atoms with Crippen LogP contribution in [0, 0.1) is 10.1 Å². The molecule has 1 fully saturated rings. The Morgan fingerprint density at radius 3 is 2.60 bits per heavy atom. The average molecular weight is 432 g/mol. The minimum Gasteiger partial charge on any atom is -0.474 e. The summed E-state index contributed by atoms with van der Waals surface area (Å²) in [4.78, 5) is 47.2. The van der Waals surface area contributed by atoms with Gasteiger partial charge in [-0.1, -0.05) is 29.8 Å². The summed E-state index contributed by atoms with van der Waals surface area (Å²) < 4.78 is 9.72. The monoisotopic (exact) mass is 431 g/mol. The first-order valence-corrected chi connectivity index (χ1v) is 8.79. The zero-order chi connectivity index (χ0) is 21.8. The number of methoxy groups -OCH3 is 1. The SMILES string of the molecule is COC(=O)COc1c(/C=C2/C(=O)NN(c3ccccc3)C2=O)cc(Cl)cc1[N+](=O)[O-]. The summed E-state index contributed by atoms with van der Waals surface area (Å²) in [6.45, 7) is -0.620. The lowest BCUT2D eigenvalue weighted by molar-refractivity contribution is -0.385. The van der Waals surface area contributed by atoms with E-state index in [-0.39, 0.29) is 21.9 Å². The molecule has 0 aliphatic carbocycles. The standard InChI is InChI=1S/C19H14ClN3O7/c1-29-16(24)10-30-17-11(7-12(20)9-15(17)23(27)28)8-14-18(25)21-22(19(14)26)13-5-3-2-4-6-13/h2-9H,10H2,1H3,(H,21,25)/b14-8-. The Morgan fingerprint density at radius 2 is 1.97 bits per heavy atom. The molecular weight excluding hydrogens is 418 g/mol. The number of hydrogen-bond donors (Lipinski definition) is 1. The topological polar surface area (TPSA) is 128 Å². The van der Waals surface area contributed by atoms with Gasteiger partial charge in [0.25, 0.3) is 11.8 Å². The van der Waals surface area contributed by atoms with Crippen LogP contribution in [0.5, 0.6) is 5.75 Å². The van der Waals surface area contributed by atoms with E-state index in [2.05, 4.69) is 10.2 Å². The normalized spacial score (nSPS) is 14.6. The van der Waals surface area contributed by atoms with E-state index in [1.165, 1.54) is 6.07 Å². The Labute approximate surface area is 174 Å². The van der Waals surface area contributed by atoms with E-state index < -0.39 is 35.0 Å². The van der Waals surface area contributed by atoms with Crippen molar-refractivity contribution in [2.24, 2.45) is 0 Å². The maximum Gasteiger partial charge on any atom is 0.343 e. The highest BCUT2D eigenvalue weighted by Crippen LogP contribution is 2.36. The number of anilines is 1. The Bertz CT molecular complexity index is 1070. The zero-order valence-electron chi connectivity index (χ0n) is 15.5. The molecule has 10 nitrogen and oxygen atoms in total. The van der Waals surface area contributed by atoms with Crippen LogP contribution in [0.3, 0.4) is 0 Å². The third kappa shape index (κ3) is 4.23. The molecule has 1 heterocycles. The summed E-state index contributed by atoms with van der Waals surface area (Å²) in [6.07, 6.45) is 1.12. The molecule has 0 saturated carbocycles. The van der Waals surface area contributed by atoms with Crippen LogP contribution >= 0.6 is 11.6 Å². The average Bonchev–Trinajstić information content (AvgIpc) is 3.01. The van der Waals surface area contributed by atoms with E-state index in [0.717, 1.165) is 24.3 Å². The number of hydrogen-bond acceptors (Lipinski definition) is 7. The van der Waals surface area contributed by atoms with E-state index in [1.54, 1.807) is 30.3 Å². The van der Waals surface area contributed by atoms with E-state index in [9.17, 15) is 24.5 Å². The van der Waals surface area contributed by atoms with Crippen LogP contribution < -0.4 is 15.2 Å². The highest BCUT2D eigenvalue weighted by Gasteiger charge is 2.35. The van der Waals surface area contributed by atoms with Crippen molar-refractivity contribution in [2.45, 2.75) is 0 Å². The zero-order valence-corrected chi connectivity index (χ0v) is 16.2. The van der Waals surface area contributed by atoms with Crippen LogP contribution in [0.2, 0.25) is 5.02 Å². The lowest BCUT2D eigenvalue weighted by Gasteiger charge is -2.14. The summed E-state index contributed by atoms with van der Waals surface area (Å²) in [5.74, 6) is -2.50. The summed E-state index contributed by atoms with van der Waals surface area (Å²) in [5.41, 5.74) is 1.99. The van der Waals surface area contributed by atoms with Gasteiger partial charge in [0.1, 0.15) is 5.57 Å². The van der Waals surface area contributed by atoms with Gasteiger partial charge in [0.15, 0.2) is 6.61 Å². The number of nitro benzene ring substituents is 1. The molecule has 0 atom stereocenters. The number of halogens is 1. The number of carbonyl (C=O) groups is 3. The van der Waals surface area contributed by atoms with Gasteiger partial charge in [0, 0.05) is 16.7 Å². The number of para-hydroxylation sites is 1. The lowest BCUT2D eigenvalue weighted by atomic mass is 10.1. The molecule has 1 aliphatic heterocycles. The van der Waals surface area contributed by atoms with Gasteiger partial charge in [-0.2, -0.15) is 0 Å². The van der Waals surface area contributed by atoms with Crippen molar-refractivity contribution in [1.82, 2.24) is 5.43 Å². The number of rotatable bonds is 6. The molecule has 30 heavy (non-hydrogen) atoms. The molecule has 0 unspecified atom stereocenters. The Hall–Kier alpha value is -3.92. The Balaban J connectivity index is 2.05. The number of ether oxygens (including phenoxy) is 2. The summed E-state index contributed by atoms with van der Waals surface area (Å²) in [5, 5.41) is 12.4. The van der Waals surface area contributed by atoms with Crippen molar-refractivity contribution in [3.8, 4) is 5.75 Å². The summed E-state index contributed by atoms with van der Waals surface area (Å²) >= 11 is 5.96. The van der Waals surface area contributed by atoms with Gasteiger partial charge in [0.05, 0.1) is 17.7 Å². The molecule has 154 valence electrons. The van der Waals surface area contributed by atoms with Gasteiger partial charge in [-0.15, -0.1) is 0 Å². The molecule has 0 spiro atoms. The molecule has 1 saturated heterocycles. The van der Waals surface area contributed by atoms with Gasteiger partial charge >= 0.3 is 11.7 Å². The van der Waals surface area contributed by atoms with Gasteiger partial charge in [-0.05, 0) is 24.3 Å². The second-order valence-electron chi connectivity index (χ2n) is 5.94. The first-order valence-electron chi connectivity index (χ1n) is 8.41. The highest BCUT2D eigenvalue weighted by molar-refractivity contribution is 6.32. The molecule has 1 N–H and O–H groups in total. The van der Waals surface area contributed by atoms with Crippen molar-refractivity contribution in [3.05, 3.63) is 68.7 Å². The summed E-state index contributed by atoms with van der Waals surface area (Å²) in [6, 6.07) is 10.7. The number of nitrogens with zero attached hydrogens (tertiary/aromatic N) is 2. The molecular formula is C19H14ClN3O7. The molecule has 3 rings (SSSR count). The molecule has 0 aromatic heterocycles. The predicted octanol–water partition coefficient (Wildman–Crippen LogP) is 2.26. The number of esters is 1. The van der Waals surface area contributed by atoms with Gasteiger partial charge in [0.2, 0.25) is 5.75 Å². The molecule has 1 aliphatic rings. The van der Waals surface area contributed by atoms with E-state index >= 15 is 0 Å². The first-order chi connectivity index (χ1) is 14.3. The Morgan fingerprint density at radius 1 is 1.27 bits per heavy atom. The molecule has 0 radical (unpaired) electrons. The van der Waals surface area contributed by atoms with Crippen molar-refractivity contribution in [1.29, 1.82) is 0 Å². The lowest BCUT2D eigenvalue weighted by Crippen LogP contribution is -2.35. The molecule has 2 aromatic rings. The van der Waals surface area contributed by atoms with Crippen molar-refractivity contribution in [3.63, 3.8) is 0 Å². The summed E-state index contributed by atoms with van der Waals surface area (Å²) in [7, 11) is 1.13. The number of hydrazine groups is 1. The third-order valence-electron chi connectivity index (χ3n) is 4.03. The number of amides is 2. The van der Waals surface area contributed by atoms with E-state index in [0.29, 0.717) is 5.69 Å². The van der Waals surface area contributed by atoms with Crippen LogP contribution in [-0.4, -0.2) is 36.4 Å². The quantitative estimate of drug-likeness (QED) is 0.244. The fraction of sp³-hybridized carbons (Fsp3) is 0.105. The van der Waals surface area contributed by atoms with Crippen LogP contribution in [0.15, 0.2) is 48.0 Å². The molecule has 2 aromatic carbocycles. The highest BCUT2D eigenvalue weighted by atomic mass is 35.5. The maximum atomic E-state index is 12.7. The van der Waals surface area contributed by atoms with Crippen LogP contribution in [0.1, 0.15) is 5.56 Å². The second-order valence-corrected chi connectivity index (χ2v) is 6.38. The minimum atomic E-state index is -0.775. The number of nitro groups is 1. The smallest absolute Gasteiger partial charge is 0.343 e. The fourth-order valence-corrected chi connectivity index (χ4v) is 2.88. The van der Waals surface area contributed by atoms with Crippen molar-refractivity contribution < 1.29 is 28.8 Å². The molecule has 0 bridgehead atoms.